The van der Waals surface area contributed by atoms with Crippen LogP contribution in [0, 0.1) is 11.3 Å². The van der Waals surface area contributed by atoms with Crippen LogP contribution in [0.15, 0.2) is 58.8 Å². The lowest BCUT2D eigenvalue weighted by atomic mass is 10.1. The number of allylic oxidation sites excluding steroid dienone is 6. The molecule has 7 nitrogen and oxygen atoms in total. The van der Waals surface area contributed by atoms with Gasteiger partial charge in [-0.2, -0.15) is 5.26 Å². The number of amides is 1. The second-order valence-corrected chi connectivity index (χ2v) is 5.74. The molecule has 0 aromatic heterocycles. The number of rotatable bonds is 7. The van der Waals surface area contributed by atoms with Gasteiger partial charge >= 0.3 is 0 Å². The van der Waals surface area contributed by atoms with Crippen LogP contribution in [-0.2, 0) is 14.3 Å². The fourth-order valence-corrected chi connectivity index (χ4v) is 2.24. The molecule has 1 aliphatic rings. The molecule has 0 heterocycles. The zero-order chi connectivity index (χ0) is 19.7. The molecule has 0 saturated heterocycles. The van der Waals surface area contributed by atoms with Crippen LogP contribution < -0.4 is 10.6 Å². The Morgan fingerprint density at radius 1 is 1.38 bits per heavy atom. The van der Waals surface area contributed by atoms with Gasteiger partial charge in [0.25, 0.3) is 0 Å². The largest absolute Gasteiger partial charge is 0.495 e. The number of likely N-dealkylation sites (N-methyl/N-ethyl adjacent to an activating group) is 1. The van der Waals surface area contributed by atoms with E-state index in [9.17, 15) is 14.9 Å². The molecule has 0 bridgehead atoms. The van der Waals surface area contributed by atoms with E-state index in [1.165, 1.54) is 20.2 Å². The highest BCUT2D eigenvalue weighted by atomic mass is 16.5. The second-order valence-electron chi connectivity index (χ2n) is 5.74. The zero-order valence-corrected chi connectivity index (χ0v) is 15.7. The molecule has 1 amide bonds. The van der Waals surface area contributed by atoms with Crippen molar-refractivity contribution >= 4 is 11.7 Å². The van der Waals surface area contributed by atoms with E-state index in [4.69, 9.17) is 4.74 Å². The number of methoxy groups -OCH3 is 1. The Bertz CT molecular complexity index is 762. The number of hydrogen-bond acceptors (Lipinski definition) is 6. The molecular weight excluding hydrogens is 332 g/mol. The van der Waals surface area contributed by atoms with Crippen LogP contribution >= 0.6 is 0 Å². The predicted octanol–water partition coefficient (Wildman–Crippen LogP) is 1.51. The predicted molar refractivity (Wildman–Crippen MR) is 99.2 cm³/mol. The van der Waals surface area contributed by atoms with Crippen LogP contribution in [0.4, 0.5) is 0 Å². The SMILES string of the molecule is CN/C(=C\C1=CC(OC)=C(NC(C)=O)C=CC1)C(=O)/C(C#N)=C/N(C)C. The van der Waals surface area contributed by atoms with Crippen molar-refractivity contribution in [1.29, 1.82) is 5.26 Å². The summed E-state index contributed by atoms with van der Waals surface area (Å²) < 4.78 is 5.34. The van der Waals surface area contributed by atoms with Crippen LogP contribution in [0.1, 0.15) is 13.3 Å². The van der Waals surface area contributed by atoms with E-state index in [0.717, 1.165) is 5.57 Å². The first-order chi connectivity index (χ1) is 12.3. The number of nitriles is 1. The number of carbonyl (C=O) groups excluding carboxylic acids is 2. The van der Waals surface area contributed by atoms with Gasteiger partial charge in [0, 0.05) is 34.3 Å². The third kappa shape index (κ3) is 5.98. The summed E-state index contributed by atoms with van der Waals surface area (Å²) in [6, 6.07) is 1.92. The van der Waals surface area contributed by atoms with Crippen LogP contribution in [0.5, 0.6) is 0 Å². The van der Waals surface area contributed by atoms with Gasteiger partial charge in [0.1, 0.15) is 17.4 Å². The van der Waals surface area contributed by atoms with Crippen LogP contribution in [0.3, 0.4) is 0 Å². The summed E-state index contributed by atoms with van der Waals surface area (Å²) in [6.45, 7) is 1.42. The Morgan fingerprint density at radius 2 is 2.08 bits per heavy atom. The van der Waals surface area contributed by atoms with Gasteiger partial charge in [0.2, 0.25) is 11.7 Å². The highest BCUT2D eigenvalue weighted by molar-refractivity contribution is 6.10. The molecule has 0 atom stereocenters. The van der Waals surface area contributed by atoms with E-state index in [2.05, 4.69) is 10.6 Å². The van der Waals surface area contributed by atoms with E-state index in [-0.39, 0.29) is 17.2 Å². The van der Waals surface area contributed by atoms with Gasteiger partial charge in [-0.3, -0.25) is 9.59 Å². The molecule has 0 spiro atoms. The minimum absolute atomic E-state index is 0.0295. The summed E-state index contributed by atoms with van der Waals surface area (Å²) in [4.78, 5) is 25.5. The van der Waals surface area contributed by atoms with Crippen LogP contribution in [0.2, 0.25) is 0 Å². The fraction of sp³-hybridized carbons (Fsp3) is 0.316. The molecule has 0 radical (unpaired) electrons. The monoisotopic (exact) mass is 356 g/mol. The minimum Gasteiger partial charge on any atom is -0.495 e. The lowest BCUT2D eigenvalue weighted by Gasteiger charge is -2.10. The van der Waals surface area contributed by atoms with Crippen molar-refractivity contribution in [3.05, 3.63) is 58.8 Å². The van der Waals surface area contributed by atoms with Crippen molar-refractivity contribution < 1.29 is 14.3 Å². The normalized spacial score (nSPS) is 14.8. The molecule has 0 aromatic rings. The molecule has 2 N–H and O–H groups in total. The first-order valence-corrected chi connectivity index (χ1v) is 7.97. The number of nitrogens with zero attached hydrogens (tertiary/aromatic N) is 2. The molecule has 26 heavy (non-hydrogen) atoms. The third-order valence-electron chi connectivity index (χ3n) is 3.35. The van der Waals surface area contributed by atoms with E-state index >= 15 is 0 Å². The van der Waals surface area contributed by atoms with E-state index in [1.807, 2.05) is 12.1 Å². The maximum Gasteiger partial charge on any atom is 0.221 e. The van der Waals surface area contributed by atoms with Crippen molar-refractivity contribution in [2.75, 3.05) is 28.3 Å². The van der Waals surface area contributed by atoms with Crippen molar-refractivity contribution in [2.24, 2.45) is 0 Å². The van der Waals surface area contributed by atoms with Crippen molar-refractivity contribution in [3.63, 3.8) is 0 Å². The number of Topliss-reactive ketones (excluding diaryl/α,β-unsaturated/α-hetero) is 1. The number of hydrogen-bond donors (Lipinski definition) is 2. The Labute approximate surface area is 154 Å². The Balaban J connectivity index is 3.27. The quantitative estimate of drug-likeness (QED) is 0.530. The number of carbonyl (C=O) groups is 2. The standard InChI is InChI=1S/C19H24N4O3/c1-13(24)22-16-8-6-7-14(10-18(16)26-5)9-17(21-2)19(25)15(11-20)12-23(3)4/h6,8-10,12,21H,7H2,1-5H3,(H,22,24)/b15-12+,17-9-. The summed E-state index contributed by atoms with van der Waals surface area (Å²) >= 11 is 0. The van der Waals surface area contributed by atoms with Gasteiger partial charge < -0.3 is 20.3 Å². The first-order valence-electron chi connectivity index (χ1n) is 7.97. The number of nitrogens with one attached hydrogen (secondary N) is 2. The molecule has 0 saturated carbocycles. The van der Waals surface area contributed by atoms with Gasteiger partial charge in [-0.15, -0.1) is 0 Å². The van der Waals surface area contributed by atoms with E-state index in [0.29, 0.717) is 17.9 Å². The summed E-state index contributed by atoms with van der Waals surface area (Å²) in [7, 11) is 6.61. The summed E-state index contributed by atoms with van der Waals surface area (Å²) in [5, 5.41) is 14.8. The van der Waals surface area contributed by atoms with Crippen LogP contribution in [0.25, 0.3) is 0 Å². The molecule has 0 fully saturated rings. The van der Waals surface area contributed by atoms with E-state index < -0.39 is 5.78 Å². The highest BCUT2D eigenvalue weighted by Crippen LogP contribution is 2.19. The molecule has 7 heteroatoms. The molecule has 0 aromatic carbocycles. The lowest BCUT2D eigenvalue weighted by Crippen LogP contribution is -2.20. The minimum atomic E-state index is -0.400. The van der Waals surface area contributed by atoms with Crippen molar-refractivity contribution in [1.82, 2.24) is 15.5 Å². The summed E-state index contributed by atoms with van der Waals surface area (Å²) in [5.41, 5.74) is 1.66. The number of ketones is 1. The first kappa shape index (κ1) is 20.8. The average Bonchev–Trinajstić information content (AvgIpc) is 2.78. The summed E-state index contributed by atoms with van der Waals surface area (Å²) in [6.07, 6.45) is 9.04. The van der Waals surface area contributed by atoms with Crippen molar-refractivity contribution in [2.45, 2.75) is 13.3 Å². The lowest BCUT2D eigenvalue weighted by molar-refractivity contribution is -0.118. The second kappa shape index (κ2) is 9.89. The molecule has 138 valence electrons. The van der Waals surface area contributed by atoms with Gasteiger partial charge in [0.15, 0.2) is 0 Å². The topological polar surface area (TPSA) is 94.5 Å². The Kier molecular flexibility index (Phi) is 7.90. The number of ether oxygens (including phenoxy) is 1. The van der Waals surface area contributed by atoms with Gasteiger partial charge in [-0.1, -0.05) is 6.08 Å². The molecule has 0 aliphatic heterocycles. The van der Waals surface area contributed by atoms with Crippen LogP contribution in [-0.4, -0.2) is 44.8 Å². The smallest absolute Gasteiger partial charge is 0.221 e. The molecule has 1 aliphatic carbocycles. The molecular formula is C19H24N4O3. The van der Waals surface area contributed by atoms with Gasteiger partial charge in [-0.05, 0) is 30.2 Å². The zero-order valence-electron chi connectivity index (χ0n) is 15.7. The average molecular weight is 356 g/mol. The summed E-state index contributed by atoms with van der Waals surface area (Å²) in [5.74, 6) is -0.125. The highest BCUT2D eigenvalue weighted by Gasteiger charge is 2.16. The maximum atomic E-state index is 12.6. The van der Waals surface area contributed by atoms with Gasteiger partial charge in [0.05, 0.1) is 18.5 Å². The van der Waals surface area contributed by atoms with Gasteiger partial charge in [-0.25, -0.2) is 0 Å². The Hall–Kier alpha value is -3.27. The Morgan fingerprint density at radius 3 is 2.58 bits per heavy atom. The van der Waals surface area contributed by atoms with Crippen molar-refractivity contribution in [3.8, 4) is 6.07 Å². The molecule has 0 unspecified atom stereocenters. The fourth-order valence-electron chi connectivity index (χ4n) is 2.24. The third-order valence-corrected chi connectivity index (χ3v) is 3.35. The van der Waals surface area contributed by atoms with E-state index in [1.54, 1.807) is 44.3 Å². The maximum absolute atomic E-state index is 12.6. The molecule has 1 rings (SSSR count).